The lowest BCUT2D eigenvalue weighted by atomic mass is 9.92. The normalized spacial score (nSPS) is 12.4. The molecule has 3 N–H and O–H groups in total. The van der Waals surface area contributed by atoms with Gasteiger partial charge in [-0.15, -0.1) is 0 Å². The lowest BCUT2D eigenvalue weighted by Crippen LogP contribution is -2.22. The van der Waals surface area contributed by atoms with Gasteiger partial charge in [-0.2, -0.15) is 5.10 Å². The van der Waals surface area contributed by atoms with Gasteiger partial charge in [-0.05, 0) is 30.3 Å². The summed E-state index contributed by atoms with van der Waals surface area (Å²) in [6.45, 7) is 6.47. The molecule has 0 atom stereocenters. The van der Waals surface area contributed by atoms with Gasteiger partial charge in [-0.25, -0.2) is 23.2 Å². The van der Waals surface area contributed by atoms with Gasteiger partial charge < -0.3 is 15.4 Å². The molecule has 0 aliphatic carbocycles. The van der Waals surface area contributed by atoms with E-state index in [9.17, 15) is 13.6 Å². The number of fused-ring (bicyclic) bond motifs is 1. The van der Waals surface area contributed by atoms with Crippen LogP contribution in [0.1, 0.15) is 26.5 Å². The standard InChI is InChI=1S/C27H25F2N7O2/c1-27(2,3)22-15-23(36(35-22)17-6-4-5-16(28)13-17)34-26(37)33-20-8-7-18(14-19(20)29)38-21-9-10-31-25-24(21)30-11-12-32-25/h4-11,13-15H,12H2,1-3H3,(H,31,32)(H2,33,34,37). The largest absolute Gasteiger partial charge is 0.455 e. The number of benzene rings is 2. The molecule has 1 aliphatic heterocycles. The molecule has 2 aromatic heterocycles. The van der Waals surface area contributed by atoms with Gasteiger partial charge in [-0.1, -0.05) is 26.8 Å². The molecular weight excluding hydrogens is 492 g/mol. The molecule has 0 saturated carbocycles. The Hall–Kier alpha value is -4.80. The zero-order valence-electron chi connectivity index (χ0n) is 20.9. The van der Waals surface area contributed by atoms with Crippen molar-refractivity contribution in [3.8, 4) is 17.2 Å². The van der Waals surface area contributed by atoms with Gasteiger partial charge in [0.05, 0.1) is 23.6 Å². The number of aliphatic imine (C=N–C) groups is 1. The van der Waals surface area contributed by atoms with Crippen LogP contribution in [0.3, 0.4) is 0 Å². The van der Waals surface area contributed by atoms with E-state index in [0.29, 0.717) is 41.0 Å². The minimum Gasteiger partial charge on any atom is -0.455 e. The fraction of sp³-hybridized carbons (Fsp3) is 0.185. The number of urea groups is 1. The second kappa shape index (κ2) is 9.92. The van der Waals surface area contributed by atoms with Crippen LogP contribution >= 0.6 is 0 Å². The third-order valence-corrected chi connectivity index (χ3v) is 5.66. The fourth-order valence-corrected chi connectivity index (χ4v) is 3.75. The van der Waals surface area contributed by atoms with Crippen molar-refractivity contribution in [1.82, 2.24) is 14.8 Å². The van der Waals surface area contributed by atoms with E-state index in [4.69, 9.17) is 4.74 Å². The number of amides is 2. The highest BCUT2D eigenvalue weighted by Crippen LogP contribution is 2.38. The second-order valence-corrected chi connectivity index (χ2v) is 9.58. The molecule has 9 nitrogen and oxygen atoms in total. The first-order chi connectivity index (χ1) is 18.2. The van der Waals surface area contributed by atoms with Crippen LogP contribution in [0.15, 0.2) is 65.8 Å². The Bertz CT molecular complexity index is 1540. The first-order valence-electron chi connectivity index (χ1n) is 11.8. The molecule has 0 radical (unpaired) electrons. The molecule has 2 aromatic carbocycles. The molecule has 5 rings (SSSR count). The smallest absolute Gasteiger partial charge is 0.324 e. The van der Waals surface area contributed by atoms with Crippen LogP contribution in [-0.2, 0) is 5.41 Å². The van der Waals surface area contributed by atoms with E-state index in [1.54, 1.807) is 36.7 Å². The van der Waals surface area contributed by atoms with Gasteiger partial charge in [0.25, 0.3) is 0 Å². The number of pyridine rings is 1. The molecule has 0 fully saturated rings. The van der Waals surface area contributed by atoms with E-state index in [1.165, 1.54) is 28.9 Å². The number of nitrogens with zero attached hydrogens (tertiary/aromatic N) is 4. The SMILES string of the molecule is CC(C)(C)c1cc(NC(=O)Nc2ccc(Oc3ccnc4c3N=CCN4)cc2F)n(-c2cccc(F)c2)n1. The Balaban J connectivity index is 1.33. The van der Waals surface area contributed by atoms with Crippen LogP contribution in [0, 0.1) is 11.6 Å². The van der Waals surface area contributed by atoms with E-state index in [0.717, 1.165) is 6.07 Å². The number of carbonyl (C=O) groups excluding carboxylic acids is 1. The van der Waals surface area contributed by atoms with Crippen LogP contribution in [0.2, 0.25) is 0 Å². The molecule has 4 aromatic rings. The van der Waals surface area contributed by atoms with E-state index in [2.05, 4.69) is 31.0 Å². The third kappa shape index (κ3) is 5.31. The van der Waals surface area contributed by atoms with E-state index >= 15 is 0 Å². The topological polar surface area (TPSA) is 105 Å². The monoisotopic (exact) mass is 517 g/mol. The van der Waals surface area contributed by atoms with Gasteiger partial charge in [0.1, 0.15) is 28.9 Å². The Morgan fingerprint density at radius 3 is 2.68 bits per heavy atom. The number of hydrogen-bond donors (Lipinski definition) is 3. The molecule has 194 valence electrons. The molecule has 1 aliphatic rings. The summed E-state index contributed by atoms with van der Waals surface area (Å²) in [7, 11) is 0. The van der Waals surface area contributed by atoms with Crippen molar-refractivity contribution in [2.24, 2.45) is 4.99 Å². The lowest BCUT2D eigenvalue weighted by molar-refractivity contribution is 0.262. The van der Waals surface area contributed by atoms with E-state index in [-0.39, 0.29) is 16.9 Å². The molecule has 0 unspecified atom stereocenters. The predicted molar refractivity (Wildman–Crippen MR) is 142 cm³/mol. The number of hydrogen-bond acceptors (Lipinski definition) is 6. The van der Waals surface area contributed by atoms with Crippen molar-refractivity contribution < 1.29 is 18.3 Å². The maximum atomic E-state index is 14.9. The molecule has 0 saturated heterocycles. The summed E-state index contributed by atoms with van der Waals surface area (Å²) >= 11 is 0. The number of halogens is 2. The number of anilines is 3. The molecule has 3 heterocycles. The van der Waals surface area contributed by atoms with Gasteiger partial charge in [0.2, 0.25) is 0 Å². The Morgan fingerprint density at radius 1 is 1.08 bits per heavy atom. The highest BCUT2D eigenvalue weighted by molar-refractivity contribution is 5.99. The van der Waals surface area contributed by atoms with Crippen LogP contribution < -0.4 is 20.7 Å². The van der Waals surface area contributed by atoms with Gasteiger partial charge in [0.15, 0.2) is 11.6 Å². The summed E-state index contributed by atoms with van der Waals surface area (Å²) in [4.78, 5) is 21.3. The van der Waals surface area contributed by atoms with Crippen molar-refractivity contribution in [1.29, 1.82) is 0 Å². The third-order valence-electron chi connectivity index (χ3n) is 5.66. The lowest BCUT2D eigenvalue weighted by Gasteiger charge is -2.15. The van der Waals surface area contributed by atoms with Crippen LogP contribution in [0.4, 0.5) is 36.6 Å². The van der Waals surface area contributed by atoms with Crippen LogP contribution in [-0.4, -0.2) is 33.6 Å². The van der Waals surface area contributed by atoms with Crippen LogP contribution in [0.25, 0.3) is 5.69 Å². The van der Waals surface area contributed by atoms with Crippen molar-refractivity contribution in [2.45, 2.75) is 26.2 Å². The van der Waals surface area contributed by atoms with Crippen LogP contribution in [0.5, 0.6) is 11.5 Å². The summed E-state index contributed by atoms with van der Waals surface area (Å²) in [6, 6.07) is 12.6. The molecule has 11 heteroatoms. The Morgan fingerprint density at radius 2 is 1.92 bits per heavy atom. The minimum atomic E-state index is -0.698. The van der Waals surface area contributed by atoms with Crippen molar-refractivity contribution in [3.05, 3.63) is 78.1 Å². The second-order valence-electron chi connectivity index (χ2n) is 9.58. The number of ether oxygens (including phenoxy) is 1. The molecule has 0 bridgehead atoms. The van der Waals surface area contributed by atoms with E-state index < -0.39 is 17.7 Å². The van der Waals surface area contributed by atoms with Gasteiger partial charge in [-0.3, -0.25) is 10.3 Å². The Labute approximate surface area is 217 Å². The molecular formula is C27H25F2N7O2. The quantitative estimate of drug-likeness (QED) is 0.284. The highest BCUT2D eigenvalue weighted by atomic mass is 19.1. The first-order valence-corrected chi connectivity index (χ1v) is 11.8. The van der Waals surface area contributed by atoms with Gasteiger partial charge >= 0.3 is 6.03 Å². The highest BCUT2D eigenvalue weighted by Gasteiger charge is 2.22. The van der Waals surface area contributed by atoms with Crippen molar-refractivity contribution >= 4 is 35.3 Å². The maximum Gasteiger partial charge on any atom is 0.324 e. The summed E-state index contributed by atoms with van der Waals surface area (Å²) < 4.78 is 36.0. The molecule has 0 spiro atoms. The number of nitrogens with one attached hydrogen (secondary N) is 3. The number of aromatic nitrogens is 3. The summed E-state index contributed by atoms with van der Waals surface area (Å²) in [5.74, 6) is 0.377. The van der Waals surface area contributed by atoms with Crippen molar-refractivity contribution in [2.75, 3.05) is 22.5 Å². The summed E-state index contributed by atoms with van der Waals surface area (Å²) in [5, 5.41) is 12.8. The van der Waals surface area contributed by atoms with E-state index in [1.807, 2.05) is 20.8 Å². The zero-order chi connectivity index (χ0) is 26.9. The maximum absolute atomic E-state index is 14.9. The molecule has 38 heavy (non-hydrogen) atoms. The van der Waals surface area contributed by atoms with Gasteiger partial charge in [0, 0.05) is 36.0 Å². The van der Waals surface area contributed by atoms with Crippen molar-refractivity contribution in [3.63, 3.8) is 0 Å². The number of carbonyl (C=O) groups is 1. The first kappa shape index (κ1) is 24.9. The predicted octanol–water partition coefficient (Wildman–Crippen LogP) is 6.41. The average Bonchev–Trinajstić information content (AvgIpc) is 3.30. The average molecular weight is 518 g/mol. The number of rotatable bonds is 5. The summed E-state index contributed by atoms with van der Waals surface area (Å²) in [5.41, 5.74) is 1.25. The fourth-order valence-electron chi connectivity index (χ4n) is 3.75. The summed E-state index contributed by atoms with van der Waals surface area (Å²) in [6.07, 6.45) is 3.26. The minimum absolute atomic E-state index is 0.0563. The Kier molecular flexibility index (Phi) is 6.50. The zero-order valence-corrected chi connectivity index (χ0v) is 20.9. The molecule has 2 amide bonds.